The largest absolute Gasteiger partial charge is 0.452 e. The Morgan fingerprint density at radius 2 is 1.81 bits per heavy atom. The maximum atomic E-state index is 12.2. The van der Waals surface area contributed by atoms with Crippen molar-refractivity contribution < 1.29 is 14.1 Å². The Bertz CT molecular complexity index is 1080. The fraction of sp³-hybridized carbons (Fsp3) is 0.0556. The minimum absolute atomic E-state index is 0.127. The molecule has 8 heteroatoms. The molecule has 4 rings (SSSR count). The molecular formula is C18H11ClN4O3. The number of hydrogen-bond donors (Lipinski definition) is 0. The average Bonchev–Trinajstić information content (AvgIpc) is 3.15. The third-order valence-corrected chi connectivity index (χ3v) is 3.85. The summed E-state index contributed by atoms with van der Waals surface area (Å²) in [6.45, 7) is -0.127. The van der Waals surface area contributed by atoms with Gasteiger partial charge in [-0.3, -0.25) is 9.97 Å². The fourth-order valence-electron chi connectivity index (χ4n) is 2.33. The van der Waals surface area contributed by atoms with E-state index in [1.165, 1.54) is 0 Å². The van der Waals surface area contributed by atoms with Gasteiger partial charge in [-0.25, -0.2) is 4.79 Å². The fourth-order valence-corrected chi connectivity index (χ4v) is 2.46. The van der Waals surface area contributed by atoms with Crippen LogP contribution >= 0.6 is 11.6 Å². The molecule has 0 aliphatic rings. The highest BCUT2D eigenvalue weighted by Crippen LogP contribution is 2.19. The van der Waals surface area contributed by atoms with Gasteiger partial charge in [-0.15, -0.1) is 0 Å². The molecular weight excluding hydrogens is 356 g/mol. The Labute approximate surface area is 152 Å². The van der Waals surface area contributed by atoms with Crippen molar-refractivity contribution in [3.8, 4) is 11.4 Å². The highest BCUT2D eigenvalue weighted by atomic mass is 35.5. The molecule has 0 amide bonds. The van der Waals surface area contributed by atoms with Crippen molar-refractivity contribution in [3.63, 3.8) is 0 Å². The number of rotatable bonds is 4. The van der Waals surface area contributed by atoms with E-state index in [2.05, 4.69) is 20.1 Å². The Hall–Kier alpha value is -3.32. The van der Waals surface area contributed by atoms with Gasteiger partial charge in [-0.1, -0.05) is 16.8 Å². The molecule has 0 saturated carbocycles. The lowest BCUT2D eigenvalue weighted by Gasteiger charge is -2.02. The molecule has 26 heavy (non-hydrogen) atoms. The van der Waals surface area contributed by atoms with Crippen molar-refractivity contribution in [1.29, 1.82) is 0 Å². The smallest absolute Gasteiger partial charge is 0.338 e. The number of aromatic nitrogens is 4. The van der Waals surface area contributed by atoms with Crippen LogP contribution in [0.3, 0.4) is 0 Å². The third-order valence-electron chi connectivity index (χ3n) is 3.60. The van der Waals surface area contributed by atoms with Crippen LogP contribution in [0.1, 0.15) is 16.2 Å². The second-order valence-corrected chi connectivity index (χ2v) is 5.79. The Balaban J connectivity index is 1.45. The number of ether oxygens (including phenoxy) is 1. The van der Waals surface area contributed by atoms with E-state index in [4.69, 9.17) is 20.9 Å². The normalized spacial score (nSPS) is 10.8. The molecule has 0 fully saturated rings. The Morgan fingerprint density at radius 3 is 2.62 bits per heavy atom. The van der Waals surface area contributed by atoms with Gasteiger partial charge in [-0.2, -0.15) is 4.98 Å². The number of carbonyl (C=O) groups excluding carboxylic acids is 1. The summed E-state index contributed by atoms with van der Waals surface area (Å²) in [5.41, 5.74) is 2.44. The summed E-state index contributed by atoms with van der Waals surface area (Å²) in [5.74, 6) is 0.0846. The third kappa shape index (κ3) is 3.38. The first-order valence-electron chi connectivity index (χ1n) is 7.65. The van der Waals surface area contributed by atoms with Gasteiger partial charge in [-0.05, 0) is 42.5 Å². The van der Waals surface area contributed by atoms with E-state index in [0.717, 1.165) is 5.56 Å². The molecule has 4 aromatic rings. The monoisotopic (exact) mass is 366 g/mol. The zero-order chi connectivity index (χ0) is 17.9. The first kappa shape index (κ1) is 16.2. The maximum Gasteiger partial charge on any atom is 0.338 e. The number of esters is 1. The summed E-state index contributed by atoms with van der Waals surface area (Å²) >= 11 is 5.85. The Morgan fingerprint density at radius 1 is 1.04 bits per heavy atom. The van der Waals surface area contributed by atoms with Gasteiger partial charge < -0.3 is 9.26 Å². The van der Waals surface area contributed by atoms with E-state index in [1.807, 2.05) is 0 Å². The van der Waals surface area contributed by atoms with Crippen molar-refractivity contribution in [1.82, 2.24) is 20.1 Å². The summed E-state index contributed by atoms with van der Waals surface area (Å²) in [5, 5.41) is 4.49. The van der Waals surface area contributed by atoms with Gasteiger partial charge in [0.15, 0.2) is 6.61 Å². The van der Waals surface area contributed by atoms with Crippen LogP contribution in [0, 0.1) is 0 Å². The standard InChI is InChI=1S/C18H11ClN4O3/c19-13-4-1-11(2-5-13)17-22-16(26-23-17)10-25-18(24)12-3-6-14-15(9-12)21-8-7-20-14/h1-9H,10H2. The van der Waals surface area contributed by atoms with E-state index in [9.17, 15) is 4.79 Å². The quantitative estimate of drug-likeness (QED) is 0.508. The molecule has 0 radical (unpaired) electrons. The highest BCUT2D eigenvalue weighted by molar-refractivity contribution is 6.30. The van der Waals surface area contributed by atoms with Crippen LogP contribution in [0.15, 0.2) is 59.4 Å². The SMILES string of the molecule is O=C(OCc1nc(-c2ccc(Cl)cc2)no1)c1ccc2nccnc2c1. The van der Waals surface area contributed by atoms with Gasteiger partial charge in [0.05, 0.1) is 16.6 Å². The lowest BCUT2D eigenvalue weighted by molar-refractivity contribution is 0.0430. The number of nitrogens with zero attached hydrogens (tertiary/aromatic N) is 4. The average molecular weight is 367 g/mol. The summed E-state index contributed by atoms with van der Waals surface area (Å²) < 4.78 is 10.3. The van der Waals surface area contributed by atoms with Gasteiger partial charge in [0.25, 0.3) is 5.89 Å². The first-order valence-corrected chi connectivity index (χ1v) is 8.03. The highest BCUT2D eigenvalue weighted by Gasteiger charge is 2.13. The van der Waals surface area contributed by atoms with Crippen molar-refractivity contribution >= 4 is 28.6 Å². The van der Waals surface area contributed by atoms with E-state index >= 15 is 0 Å². The van der Waals surface area contributed by atoms with E-state index in [-0.39, 0.29) is 12.5 Å². The first-order chi connectivity index (χ1) is 12.7. The van der Waals surface area contributed by atoms with Crippen molar-refractivity contribution in [2.24, 2.45) is 0 Å². The minimum Gasteiger partial charge on any atom is -0.452 e. The molecule has 0 unspecified atom stereocenters. The second kappa shape index (κ2) is 6.89. The van der Waals surface area contributed by atoms with Gasteiger partial charge >= 0.3 is 5.97 Å². The molecule has 0 saturated heterocycles. The molecule has 0 aliphatic carbocycles. The van der Waals surface area contributed by atoms with Gasteiger partial charge in [0, 0.05) is 23.0 Å². The zero-order valence-electron chi connectivity index (χ0n) is 13.3. The zero-order valence-corrected chi connectivity index (χ0v) is 14.1. The summed E-state index contributed by atoms with van der Waals surface area (Å²) in [6.07, 6.45) is 3.16. The number of fused-ring (bicyclic) bond motifs is 1. The van der Waals surface area contributed by atoms with Crippen molar-refractivity contribution in [2.75, 3.05) is 0 Å². The number of carbonyl (C=O) groups is 1. The second-order valence-electron chi connectivity index (χ2n) is 5.35. The van der Waals surface area contributed by atoms with Crippen LogP contribution in [-0.2, 0) is 11.3 Å². The number of halogens is 1. The van der Waals surface area contributed by atoms with Crippen LogP contribution < -0.4 is 0 Å². The topological polar surface area (TPSA) is 91.0 Å². The maximum absolute atomic E-state index is 12.2. The van der Waals surface area contributed by atoms with Crippen LogP contribution in [-0.4, -0.2) is 26.1 Å². The van der Waals surface area contributed by atoms with Crippen molar-refractivity contribution in [3.05, 3.63) is 71.3 Å². The number of hydrogen-bond acceptors (Lipinski definition) is 7. The van der Waals surface area contributed by atoms with Gasteiger partial charge in [0.2, 0.25) is 5.82 Å². The molecule has 2 aromatic carbocycles. The summed E-state index contributed by atoms with van der Waals surface area (Å²) in [7, 11) is 0. The molecule has 0 N–H and O–H groups in total. The molecule has 128 valence electrons. The molecule has 7 nitrogen and oxygen atoms in total. The molecule has 0 bridgehead atoms. The molecule has 0 atom stereocenters. The number of benzene rings is 2. The minimum atomic E-state index is -0.510. The van der Waals surface area contributed by atoms with Gasteiger partial charge in [0.1, 0.15) is 0 Å². The molecule has 0 aliphatic heterocycles. The van der Waals surface area contributed by atoms with E-state index in [1.54, 1.807) is 54.9 Å². The lowest BCUT2D eigenvalue weighted by Crippen LogP contribution is -2.05. The Kier molecular flexibility index (Phi) is 4.28. The van der Waals surface area contributed by atoms with Crippen molar-refractivity contribution in [2.45, 2.75) is 6.61 Å². The lowest BCUT2D eigenvalue weighted by atomic mass is 10.2. The molecule has 0 spiro atoms. The van der Waals surface area contributed by atoms with Crippen LogP contribution in [0.25, 0.3) is 22.4 Å². The summed E-state index contributed by atoms with van der Waals surface area (Å²) in [6, 6.07) is 12.0. The predicted octanol–water partition coefficient (Wildman–Crippen LogP) is 3.69. The van der Waals surface area contributed by atoms with Crippen LogP contribution in [0.2, 0.25) is 5.02 Å². The van der Waals surface area contributed by atoms with E-state index in [0.29, 0.717) is 27.4 Å². The summed E-state index contributed by atoms with van der Waals surface area (Å²) in [4.78, 5) is 24.7. The molecule has 2 aromatic heterocycles. The van der Waals surface area contributed by atoms with Crippen LogP contribution in [0.4, 0.5) is 0 Å². The molecule has 2 heterocycles. The van der Waals surface area contributed by atoms with Crippen LogP contribution in [0.5, 0.6) is 0 Å². The predicted molar refractivity (Wildman–Crippen MR) is 93.4 cm³/mol. The van der Waals surface area contributed by atoms with E-state index < -0.39 is 5.97 Å².